The monoisotopic (exact) mass is 432 g/mol. The van der Waals surface area contributed by atoms with Crippen LogP contribution in [-0.4, -0.2) is 45.4 Å². The van der Waals surface area contributed by atoms with Gasteiger partial charge in [-0.05, 0) is 56.2 Å². The molecular weight excluding hydrogens is 400 g/mol. The lowest BCUT2D eigenvalue weighted by Gasteiger charge is -2.31. The van der Waals surface area contributed by atoms with Crippen LogP contribution in [-0.2, 0) is 18.4 Å². The molecular formula is C23H33ClN4O2. The number of nitrogens with zero attached hydrogens (tertiary/aromatic N) is 3. The Kier molecular flexibility index (Phi) is 9.24. The predicted molar refractivity (Wildman–Crippen MR) is 123 cm³/mol. The maximum Gasteiger partial charge on any atom is 0.322 e. The zero-order valence-corrected chi connectivity index (χ0v) is 19.2. The van der Waals surface area contributed by atoms with E-state index in [1.165, 1.54) is 0 Å². The van der Waals surface area contributed by atoms with Crippen LogP contribution in [0, 0.1) is 0 Å². The summed E-state index contributed by atoms with van der Waals surface area (Å²) in [6, 6.07) is 10.6. The Hall–Kier alpha value is -2.47. The van der Waals surface area contributed by atoms with Gasteiger partial charge in [-0.2, -0.15) is 0 Å². The number of carbonyl (C=O) groups excluding carboxylic acids is 2. The molecule has 3 amide bonds. The third-order valence-electron chi connectivity index (χ3n) is 5.32. The molecule has 30 heavy (non-hydrogen) atoms. The highest BCUT2D eigenvalue weighted by Gasteiger charge is 2.25. The number of amides is 3. The summed E-state index contributed by atoms with van der Waals surface area (Å²) >= 11 is 5.92. The van der Waals surface area contributed by atoms with Crippen molar-refractivity contribution in [3.63, 3.8) is 0 Å². The summed E-state index contributed by atoms with van der Waals surface area (Å²) in [4.78, 5) is 29.6. The Balaban J connectivity index is 2.12. The second-order valence-corrected chi connectivity index (χ2v) is 8.04. The summed E-state index contributed by atoms with van der Waals surface area (Å²) in [6.07, 6.45) is 4.66. The van der Waals surface area contributed by atoms with E-state index in [9.17, 15) is 9.59 Å². The van der Waals surface area contributed by atoms with Gasteiger partial charge < -0.3 is 19.7 Å². The Morgan fingerprint density at radius 3 is 2.43 bits per heavy atom. The molecule has 1 atom stereocenters. The Labute approximate surface area is 184 Å². The van der Waals surface area contributed by atoms with Crippen molar-refractivity contribution < 1.29 is 9.59 Å². The zero-order valence-electron chi connectivity index (χ0n) is 18.4. The number of hydrogen-bond acceptors (Lipinski definition) is 2. The SMILES string of the molecule is CCCCN(Cc1cccn1C)C(=O)CN(C(=O)Nc1ccc(Cl)cc1)[C@H](C)CC. The normalized spacial score (nSPS) is 11.8. The smallest absolute Gasteiger partial charge is 0.322 e. The lowest BCUT2D eigenvalue weighted by atomic mass is 10.2. The van der Waals surface area contributed by atoms with Gasteiger partial charge in [0.2, 0.25) is 5.91 Å². The highest BCUT2D eigenvalue weighted by molar-refractivity contribution is 6.30. The number of benzene rings is 1. The molecule has 6 nitrogen and oxygen atoms in total. The summed E-state index contributed by atoms with van der Waals surface area (Å²) in [5.74, 6) is -0.0452. The average molecular weight is 433 g/mol. The number of rotatable bonds is 10. The Bertz CT molecular complexity index is 819. The van der Waals surface area contributed by atoms with E-state index in [0.29, 0.717) is 23.8 Å². The van der Waals surface area contributed by atoms with Crippen LogP contribution in [0.15, 0.2) is 42.6 Å². The van der Waals surface area contributed by atoms with Gasteiger partial charge in [-0.1, -0.05) is 31.9 Å². The summed E-state index contributed by atoms with van der Waals surface area (Å²) in [5, 5.41) is 3.49. The van der Waals surface area contributed by atoms with Crippen molar-refractivity contribution in [1.29, 1.82) is 0 Å². The molecule has 0 aliphatic heterocycles. The molecule has 0 spiro atoms. The van der Waals surface area contributed by atoms with E-state index in [1.54, 1.807) is 29.2 Å². The fourth-order valence-corrected chi connectivity index (χ4v) is 3.25. The first kappa shape index (κ1) is 23.8. The number of unbranched alkanes of at least 4 members (excludes halogenated alkanes) is 1. The first-order chi connectivity index (χ1) is 14.3. The molecule has 0 aliphatic rings. The molecule has 1 heterocycles. The van der Waals surface area contributed by atoms with Gasteiger partial charge in [0.05, 0.1) is 6.54 Å². The van der Waals surface area contributed by atoms with Gasteiger partial charge in [0.25, 0.3) is 0 Å². The second-order valence-electron chi connectivity index (χ2n) is 7.60. The second kappa shape index (κ2) is 11.6. The first-order valence-electron chi connectivity index (χ1n) is 10.6. The quantitative estimate of drug-likeness (QED) is 0.565. The van der Waals surface area contributed by atoms with Crippen molar-refractivity contribution in [3.8, 4) is 0 Å². The van der Waals surface area contributed by atoms with Crippen molar-refractivity contribution in [2.45, 2.75) is 52.6 Å². The van der Waals surface area contributed by atoms with Crippen LogP contribution in [0.1, 0.15) is 45.7 Å². The van der Waals surface area contributed by atoms with Crippen LogP contribution in [0.5, 0.6) is 0 Å². The molecule has 0 saturated heterocycles. The Morgan fingerprint density at radius 2 is 1.87 bits per heavy atom. The van der Waals surface area contributed by atoms with Crippen molar-refractivity contribution in [1.82, 2.24) is 14.4 Å². The van der Waals surface area contributed by atoms with Gasteiger partial charge >= 0.3 is 6.03 Å². The highest BCUT2D eigenvalue weighted by Crippen LogP contribution is 2.16. The minimum atomic E-state index is -0.283. The third-order valence-corrected chi connectivity index (χ3v) is 5.58. The number of aryl methyl sites for hydroxylation is 1. The van der Waals surface area contributed by atoms with Crippen LogP contribution in [0.4, 0.5) is 10.5 Å². The van der Waals surface area contributed by atoms with Gasteiger partial charge in [-0.25, -0.2) is 4.79 Å². The number of urea groups is 1. The summed E-state index contributed by atoms with van der Waals surface area (Å²) in [5.41, 5.74) is 1.72. The fourth-order valence-electron chi connectivity index (χ4n) is 3.12. The van der Waals surface area contributed by atoms with Crippen LogP contribution in [0.25, 0.3) is 0 Å². The molecule has 2 rings (SSSR count). The van der Waals surface area contributed by atoms with E-state index in [1.807, 2.05) is 48.7 Å². The minimum Gasteiger partial charge on any atom is -0.353 e. The standard InChI is InChI=1S/C23H33ClN4O2/c1-5-7-15-27(16-21-9-8-14-26(21)4)22(29)17-28(18(3)6-2)23(30)25-20-12-10-19(24)11-13-20/h8-14,18H,5-7,15-17H2,1-4H3,(H,25,30)/t18-/m1/s1. The zero-order chi connectivity index (χ0) is 22.1. The van der Waals surface area contributed by atoms with E-state index >= 15 is 0 Å². The van der Waals surface area contributed by atoms with Crippen LogP contribution < -0.4 is 5.32 Å². The molecule has 1 aromatic heterocycles. The van der Waals surface area contributed by atoms with Crippen molar-refractivity contribution in [2.75, 3.05) is 18.4 Å². The van der Waals surface area contributed by atoms with E-state index < -0.39 is 0 Å². The van der Waals surface area contributed by atoms with E-state index in [0.717, 1.165) is 25.0 Å². The topological polar surface area (TPSA) is 57.6 Å². The van der Waals surface area contributed by atoms with Gasteiger partial charge in [-0.3, -0.25) is 4.79 Å². The number of halogens is 1. The van der Waals surface area contributed by atoms with E-state index in [2.05, 4.69) is 12.2 Å². The van der Waals surface area contributed by atoms with Crippen LogP contribution in [0.3, 0.4) is 0 Å². The maximum atomic E-state index is 13.2. The number of anilines is 1. The van der Waals surface area contributed by atoms with Gasteiger partial charge in [0, 0.05) is 42.2 Å². The average Bonchev–Trinajstić information content (AvgIpc) is 3.14. The van der Waals surface area contributed by atoms with E-state index in [4.69, 9.17) is 11.6 Å². The van der Waals surface area contributed by atoms with Gasteiger partial charge in [0.1, 0.15) is 6.54 Å². The molecule has 164 valence electrons. The lowest BCUT2D eigenvalue weighted by molar-refractivity contribution is -0.133. The molecule has 0 radical (unpaired) electrons. The van der Waals surface area contributed by atoms with Crippen molar-refractivity contribution in [2.24, 2.45) is 7.05 Å². The number of nitrogens with one attached hydrogen (secondary N) is 1. The van der Waals surface area contributed by atoms with Gasteiger partial charge in [-0.15, -0.1) is 0 Å². The molecule has 1 N–H and O–H groups in total. The predicted octanol–water partition coefficient (Wildman–Crippen LogP) is 5.14. The molecule has 7 heteroatoms. The molecule has 1 aromatic carbocycles. The minimum absolute atomic E-state index is 0.0442. The molecule has 0 unspecified atom stereocenters. The number of hydrogen-bond donors (Lipinski definition) is 1. The first-order valence-corrected chi connectivity index (χ1v) is 10.9. The third kappa shape index (κ3) is 6.80. The number of carbonyl (C=O) groups is 2. The van der Waals surface area contributed by atoms with Crippen molar-refractivity contribution in [3.05, 3.63) is 53.3 Å². The Morgan fingerprint density at radius 1 is 1.17 bits per heavy atom. The fraction of sp³-hybridized carbons (Fsp3) is 0.478. The lowest BCUT2D eigenvalue weighted by Crippen LogP contribution is -2.48. The maximum absolute atomic E-state index is 13.2. The summed E-state index contributed by atoms with van der Waals surface area (Å²) < 4.78 is 2.02. The molecule has 0 fully saturated rings. The van der Waals surface area contributed by atoms with E-state index in [-0.39, 0.29) is 24.5 Å². The van der Waals surface area contributed by atoms with Gasteiger partial charge in [0.15, 0.2) is 0 Å². The number of aromatic nitrogens is 1. The molecule has 0 aliphatic carbocycles. The highest BCUT2D eigenvalue weighted by atomic mass is 35.5. The molecule has 0 bridgehead atoms. The van der Waals surface area contributed by atoms with Crippen LogP contribution >= 0.6 is 11.6 Å². The largest absolute Gasteiger partial charge is 0.353 e. The van der Waals surface area contributed by atoms with Crippen molar-refractivity contribution >= 4 is 29.2 Å². The summed E-state index contributed by atoms with van der Waals surface area (Å²) in [7, 11) is 1.98. The molecule has 2 aromatic rings. The summed E-state index contributed by atoms with van der Waals surface area (Å²) in [6.45, 7) is 7.33. The van der Waals surface area contributed by atoms with Crippen LogP contribution in [0.2, 0.25) is 5.02 Å². The molecule has 0 saturated carbocycles.